The molecular weight excluding hydrogens is 311 g/mol. The molecule has 1 N–H and O–H groups in total. The molecule has 0 aromatic carbocycles. The van der Waals surface area contributed by atoms with Crippen LogP contribution in [0.25, 0.3) is 11.2 Å². The first kappa shape index (κ1) is 13.3. The summed E-state index contributed by atoms with van der Waals surface area (Å²) in [6.45, 7) is 1.90. The summed E-state index contributed by atoms with van der Waals surface area (Å²) in [6.07, 6.45) is 4.66. The molecule has 1 aliphatic carbocycles. The van der Waals surface area contributed by atoms with Gasteiger partial charge in [-0.1, -0.05) is 11.6 Å². The van der Waals surface area contributed by atoms with Crippen molar-refractivity contribution in [2.24, 2.45) is 0 Å². The maximum atomic E-state index is 6.26. The van der Waals surface area contributed by atoms with Gasteiger partial charge in [0.1, 0.15) is 0 Å². The van der Waals surface area contributed by atoms with E-state index in [1.807, 2.05) is 0 Å². The Hall–Kier alpha value is -1.40. The van der Waals surface area contributed by atoms with Gasteiger partial charge < -0.3 is 10.2 Å². The summed E-state index contributed by atoms with van der Waals surface area (Å²) < 4.78 is 0. The fourth-order valence-corrected chi connectivity index (χ4v) is 2.81. The highest BCUT2D eigenvalue weighted by Gasteiger charge is 2.24. The fraction of sp³-hybridized carbons (Fsp3) is 0.538. The third-order valence-electron chi connectivity index (χ3n) is 4.04. The monoisotopic (exact) mass is 324 g/mol. The molecule has 3 heterocycles. The number of anilines is 2. The van der Waals surface area contributed by atoms with Crippen LogP contribution in [0.1, 0.15) is 25.7 Å². The van der Waals surface area contributed by atoms with Gasteiger partial charge in [-0.25, -0.2) is 9.97 Å². The summed E-state index contributed by atoms with van der Waals surface area (Å²) in [6, 6.07) is 0.432. The van der Waals surface area contributed by atoms with Crippen LogP contribution in [-0.4, -0.2) is 39.1 Å². The largest absolute Gasteiger partial charge is 0.365 e. The first-order valence-electron chi connectivity index (χ1n) is 7.13. The molecule has 0 spiro atoms. The van der Waals surface area contributed by atoms with Crippen molar-refractivity contribution < 1.29 is 0 Å². The Morgan fingerprint density at radius 3 is 2.43 bits per heavy atom. The minimum atomic E-state index is 0.190. The first-order valence-corrected chi connectivity index (χ1v) is 7.88. The van der Waals surface area contributed by atoms with E-state index >= 15 is 0 Å². The molecule has 0 amide bonds. The number of nitrogens with zero attached hydrogens (tertiary/aromatic N) is 5. The Kier molecular flexibility index (Phi) is 3.23. The molecule has 2 aromatic heterocycles. The maximum Gasteiger partial charge on any atom is 0.226 e. The Morgan fingerprint density at radius 1 is 1.00 bits per heavy atom. The number of fused-ring (bicyclic) bond motifs is 1. The fourth-order valence-electron chi connectivity index (χ4n) is 2.47. The average molecular weight is 325 g/mol. The van der Waals surface area contributed by atoms with Crippen LogP contribution in [0.3, 0.4) is 0 Å². The molecule has 21 heavy (non-hydrogen) atoms. The standard InChI is InChI=1S/C13H14Cl2N6/c14-9-11(16-7-3-1-4-7)18-10-8(17-9)12(20-13(15)19-10)21-5-2-6-21/h7H,1-6H2,(H,16,18,19,20). The third kappa shape index (κ3) is 2.36. The highest BCUT2D eigenvalue weighted by molar-refractivity contribution is 6.32. The third-order valence-corrected chi connectivity index (χ3v) is 4.48. The van der Waals surface area contributed by atoms with Crippen LogP contribution in [0.5, 0.6) is 0 Å². The lowest BCUT2D eigenvalue weighted by Gasteiger charge is -2.32. The molecule has 1 saturated carbocycles. The summed E-state index contributed by atoms with van der Waals surface area (Å²) in [4.78, 5) is 19.5. The van der Waals surface area contributed by atoms with E-state index < -0.39 is 0 Å². The van der Waals surface area contributed by atoms with Crippen LogP contribution in [0.2, 0.25) is 10.4 Å². The van der Waals surface area contributed by atoms with Gasteiger partial charge in [-0.2, -0.15) is 9.97 Å². The second kappa shape index (κ2) is 5.10. The smallest absolute Gasteiger partial charge is 0.226 e. The SMILES string of the molecule is Clc1nc(N2CCC2)c2nc(Cl)c(NC3CCC3)nc2n1. The number of halogens is 2. The summed E-state index contributed by atoms with van der Waals surface area (Å²) in [5.74, 6) is 1.30. The minimum absolute atomic E-state index is 0.190. The summed E-state index contributed by atoms with van der Waals surface area (Å²) in [5.41, 5.74) is 1.10. The van der Waals surface area contributed by atoms with Gasteiger partial charge in [0.15, 0.2) is 28.0 Å². The van der Waals surface area contributed by atoms with E-state index in [1.54, 1.807) is 0 Å². The van der Waals surface area contributed by atoms with Crippen LogP contribution in [0.15, 0.2) is 0 Å². The predicted molar refractivity (Wildman–Crippen MR) is 83.2 cm³/mol. The molecule has 6 nitrogen and oxygen atoms in total. The molecule has 2 aliphatic rings. The molecular formula is C13H14Cl2N6. The molecule has 2 fully saturated rings. The average Bonchev–Trinajstić information content (AvgIpc) is 2.33. The normalized spacial score (nSPS) is 18.5. The van der Waals surface area contributed by atoms with Gasteiger partial charge in [-0.15, -0.1) is 0 Å². The number of rotatable bonds is 3. The van der Waals surface area contributed by atoms with E-state index in [1.165, 1.54) is 6.42 Å². The van der Waals surface area contributed by atoms with Crippen LogP contribution < -0.4 is 10.2 Å². The second-order valence-electron chi connectivity index (χ2n) is 5.46. The zero-order chi connectivity index (χ0) is 14.4. The van der Waals surface area contributed by atoms with Gasteiger partial charge in [0.05, 0.1) is 0 Å². The highest BCUT2D eigenvalue weighted by atomic mass is 35.5. The van der Waals surface area contributed by atoms with E-state index in [2.05, 4.69) is 30.2 Å². The Labute approximate surface area is 131 Å². The summed E-state index contributed by atoms with van der Waals surface area (Å²) >= 11 is 12.3. The zero-order valence-electron chi connectivity index (χ0n) is 11.3. The van der Waals surface area contributed by atoms with Crippen LogP contribution in [-0.2, 0) is 0 Å². The molecule has 0 radical (unpaired) electrons. The van der Waals surface area contributed by atoms with E-state index in [0.29, 0.717) is 28.2 Å². The number of aromatic nitrogens is 4. The van der Waals surface area contributed by atoms with E-state index in [0.717, 1.165) is 38.2 Å². The van der Waals surface area contributed by atoms with Gasteiger partial charge >= 0.3 is 0 Å². The quantitative estimate of drug-likeness (QED) is 0.875. The molecule has 1 aliphatic heterocycles. The van der Waals surface area contributed by atoms with Crippen LogP contribution in [0.4, 0.5) is 11.6 Å². The second-order valence-corrected chi connectivity index (χ2v) is 6.16. The van der Waals surface area contributed by atoms with Gasteiger partial charge in [0.2, 0.25) is 5.28 Å². The van der Waals surface area contributed by atoms with E-state index in [9.17, 15) is 0 Å². The Balaban J connectivity index is 1.79. The molecule has 0 atom stereocenters. The number of nitrogens with one attached hydrogen (secondary N) is 1. The first-order chi connectivity index (χ1) is 10.2. The molecule has 0 unspecified atom stereocenters. The van der Waals surface area contributed by atoms with E-state index in [-0.39, 0.29) is 5.28 Å². The highest BCUT2D eigenvalue weighted by Crippen LogP contribution is 2.31. The van der Waals surface area contributed by atoms with E-state index in [4.69, 9.17) is 23.2 Å². The summed E-state index contributed by atoms with van der Waals surface area (Å²) in [5, 5.41) is 3.87. The van der Waals surface area contributed by atoms with Crippen molar-refractivity contribution in [2.75, 3.05) is 23.3 Å². The predicted octanol–water partition coefficient (Wildman–Crippen LogP) is 2.90. The Bertz CT molecular complexity index is 699. The van der Waals surface area contributed by atoms with Crippen molar-refractivity contribution in [3.05, 3.63) is 10.4 Å². The van der Waals surface area contributed by atoms with Crippen LogP contribution in [0, 0.1) is 0 Å². The topological polar surface area (TPSA) is 66.8 Å². The molecule has 0 bridgehead atoms. The van der Waals surface area contributed by atoms with Gasteiger partial charge in [0.25, 0.3) is 0 Å². The van der Waals surface area contributed by atoms with Crippen molar-refractivity contribution in [1.29, 1.82) is 0 Å². The van der Waals surface area contributed by atoms with Crippen molar-refractivity contribution in [1.82, 2.24) is 19.9 Å². The number of hydrogen-bond donors (Lipinski definition) is 1. The lowest BCUT2D eigenvalue weighted by molar-refractivity contribution is 0.444. The van der Waals surface area contributed by atoms with Crippen molar-refractivity contribution in [3.8, 4) is 0 Å². The lowest BCUT2D eigenvalue weighted by atomic mass is 9.93. The van der Waals surface area contributed by atoms with Gasteiger partial charge in [-0.05, 0) is 37.3 Å². The zero-order valence-corrected chi connectivity index (χ0v) is 12.8. The van der Waals surface area contributed by atoms with Crippen LogP contribution >= 0.6 is 23.2 Å². The van der Waals surface area contributed by atoms with Crippen molar-refractivity contribution in [2.45, 2.75) is 31.7 Å². The van der Waals surface area contributed by atoms with Crippen molar-refractivity contribution >= 4 is 46.0 Å². The summed E-state index contributed by atoms with van der Waals surface area (Å²) in [7, 11) is 0. The molecule has 1 saturated heterocycles. The number of hydrogen-bond acceptors (Lipinski definition) is 6. The minimum Gasteiger partial charge on any atom is -0.365 e. The molecule has 2 aromatic rings. The maximum absolute atomic E-state index is 6.26. The van der Waals surface area contributed by atoms with Gasteiger partial charge in [-0.3, -0.25) is 0 Å². The lowest BCUT2D eigenvalue weighted by Crippen LogP contribution is -2.38. The molecule has 8 heteroatoms. The molecule has 4 rings (SSSR count). The molecule has 110 valence electrons. The van der Waals surface area contributed by atoms with Crippen molar-refractivity contribution in [3.63, 3.8) is 0 Å². The Morgan fingerprint density at radius 2 is 1.81 bits per heavy atom. The van der Waals surface area contributed by atoms with Gasteiger partial charge in [0, 0.05) is 19.1 Å².